The summed E-state index contributed by atoms with van der Waals surface area (Å²) in [5, 5.41) is 12.2. The van der Waals surface area contributed by atoms with E-state index in [0.29, 0.717) is 50.5 Å². The first-order chi connectivity index (χ1) is 24.3. The smallest absolute Gasteiger partial charge is 0.318 e. The molecule has 1 aromatic heterocycles. The molecule has 4 N–H and O–H groups in total. The Labute approximate surface area is 303 Å². The van der Waals surface area contributed by atoms with Crippen molar-refractivity contribution in [3.63, 3.8) is 0 Å². The van der Waals surface area contributed by atoms with E-state index in [1.165, 1.54) is 11.3 Å². The number of benzene rings is 2. The van der Waals surface area contributed by atoms with Gasteiger partial charge in [-0.3, -0.25) is 19.2 Å². The lowest BCUT2D eigenvalue weighted by Gasteiger charge is -2.33. The third kappa shape index (κ3) is 10.4. The average Bonchev–Trinajstić information content (AvgIpc) is 3.72. The number of hydrogen-bond donors (Lipinski definition) is 4. The Morgan fingerprint density at radius 2 is 1.43 bits per heavy atom. The van der Waals surface area contributed by atoms with E-state index < -0.39 is 41.6 Å². The number of carbonyl (C=O) groups excluding carboxylic acids is 5. The molecule has 3 aromatic rings. The second kappa shape index (κ2) is 16.8. The first-order valence-corrected chi connectivity index (χ1v) is 18.7. The van der Waals surface area contributed by atoms with Crippen LogP contribution >= 0.6 is 11.3 Å². The van der Waals surface area contributed by atoms with Gasteiger partial charge in [0.2, 0.25) is 17.7 Å². The SMILES string of the molecule is CC(C)CC(NC(=O)N1CCC(C(=O)Nc2nc3ccccc3s2)CC1)C(=O)NC(Cc1ccccc1)C(=O)NC(CC(C)C)C(=O)C1(C)CO1. The molecule has 2 aliphatic rings. The summed E-state index contributed by atoms with van der Waals surface area (Å²) in [5.41, 5.74) is 0.758. The number of amides is 5. The summed E-state index contributed by atoms with van der Waals surface area (Å²) in [4.78, 5) is 73.6. The van der Waals surface area contributed by atoms with E-state index in [-0.39, 0.29) is 35.9 Å². The monoisotopic (exact) mass is 718 g/mol. The minimum atomic E-state index is -0.994. The molecular formula is C38H50N6O6S. The van der Waals surface area contributed by atoms with Crippen LogP contribution in [0.2, 0.25) is 0 Å². The first kappa shape index (κ1) is 37.9. The molecule has 0 spiro atoms. The lowest BCUT2D eigenvalue weighted by molar-refractivity contribution is -0.133. The Balaban J connectivity index is 1.21. The topological polar surface area (TPSA) is 162 Å². The molecule has 2 aliphatic heterocycles. The minimum absolute atomic E-state index is 0.0618. The van der Waals surface area contributed by atoms with E-state index >= 15 is 0 Å². The van der Waals surface area contributed by atoms with Crippen molar-refractivity contribution in [2.24, 2.45) is 17.8 Å². The number of rotatable bonds is 15. The van der Waals surface area contributed by atoms with Crippen LogP contribution in [0.25, 0.3) is 10.2 Å². The quantitative estimate of drug-likeness (QED) is 0.166. The standard InChI is InChI=1S/C38H50N6O6S/c1-23(2)19-28(32(45)38(5)22-50-38)39-35(48)30(21-25-11-7-6-8-12-25)40-34(47)29(20-24(3)4)42-37(49)44-17-15-26(16-18-44)33(46)43-36-41-27-13-9-10-14-31(27)51-36/h6-14,23-24,26,28-30H,15-22H2,1-5H3,(H,39,48)(H,40,47)(H,42,49)(H,41,43,46). The number of ketones is 1. The van der Waals surface area contributed by atoms with Crippen LogP contribution in [0.4, 0.5) is 9.93 Å². The zero-order valence-corrected chi connectivity index (χ0v) is 30.9. The van der Waals surface area contributed by atoms with Crippen molar-refractivity contribution in [2.45, 2.75) is 90.4 Å². The number of hydrogen-bond acceptors (Lipinski definition) is 8. The van der Waals surface area contributed by atoms with Crippen LogP contribution in [0.1, 0.15) is 65.9 Å². The number of epoxide rings is 1. The highest BCUT2D eigenvalue weighted by atomic mass is 32.1. The number of nitrogens with zero attached hydrogens (tertiary/aromatic N) is 2. The molecule has 2 aromatic carbocycles. The van der Waals surface area contributed by atoms with Gasteiger partial charge in [-0.1, -0.05) is 81.5 Å². The van der Waals surface area contributed by atoms with Crippen molar-refractivity contribution in [3.8, 4) is 0 Å². The van der Waals surface area contributed by atoms with E-state index in [2.05, 4.69) is 26.3 Å². The van der Waals surface area contributed by atoms with Crippen LogP contribution < -0.4 is 21.3 Å². The second-order valence-corrected chi connectivity index (χ2v) is 15.7. The number of nitrogens with one attached hydrogen (secondary N) is 4. The molecule has 0 bridgehead atoms. The average molecular weight is 719 g/mol. The van der Waals surface area contributed by atoms with Gasteiger partial charge in [0.1, 0.15) is 17.7 Å². The number of likely N-dealkylation sites (tertiary alicyclic amines) is 1. The van der Waals surface area contributed by atoms with Crippen LogP contribution in [0, 0.1) is 17.8 Å². The van der Waals surface area contributed by atoms with E-state index in [0.717, 1.165) is 15.8 Å². The molecule has 4 unspecified atom stereocenters. The summed E-state index contributed by atoms with van der Waals surface area (Å²) in [5.74, 6) is -1.34. The molecule has 2 saturated heterocycles. The fraction of sp³-hybridized carbons (Fsp3) is 0.526. The van der Waals surface area contributed by atoms with Gasteiger partial charge in [0.15, 0.2) is 10.9 Å². The van der Waals surface area contributed by atoms with Crippen molar-refractivity contribution < 1.29 is 28.7 Å². The maximum atomic E-state index is 13.9. The number of thiazole rings is 1. The molecule has 0 radical (unpaired) electrons. The van der Waals surface area contributed by atoms with Gasteiger partial charge in [-0.2, -0.15) is 0 Å². The van der Waals surface area contributed by atoms with Gasteiger partial charge < -0.3 is 30.9 Å². The molecule has 3 heterocycles. The Kier molecular flexibility index (Phi) is 12.5. The Morgan fingerprint density at radius 3 is 2.06 bits per heavy atom. The van der Waals surface area contributed by atoms with Gasteiger partial charge in [-0.25, -0.2) is 9.78 Å². The summed E-state index contributed by atoms with van der Waals surface area (Å²) >= 11 is 1.42. The zero-order chi connectivity index (χ0) is 36.7. The number of piperidine rings is 1. The molecule has 0 saturated carbocycles. The molecule has 0 aliphatic carbocycles. The highest BCUT2D eigenvalue weighted by Crippen LogP contribution is 2.30. The Bertz CT molecular complexity index is 1670. The number of Topliss-reactive ketones (excluding diaryl/α,β-unsaturated/α-hetero) is 1. The number of anilines is 1. The molecular weight excluding hydrogens is 669 g/mol. The van der Waals surface area contributed by atoms with Crippen LogP contribution in [-0.4, -0.2) is 82.8 Å². The van der Waals surface area contributed by atoms with Gasteiger partial charge >= 0.3 is 6.03 Å². The van der Waals surface area contributed by atoms with Crippen LogP contribution in [-0.2, 0) is 30.3 Å². The van der Waals surface area contributed by atoms with E-state index in [4.69, 9.17) is 4.74 Å². The second-order valence-electron chi connectivity index (χ2n) is 14.7. The molecule has 13 heteroatoms. The summed E-state index contributed by atoms with van der Waals surface area (Å²) in [6.07, 6.45) is 1.93. The lowest BCUT2D eigenvalue weighted by atomic mass is 9.93. The van der Waals surface area contributed by atoms with Gasteiger partial charge in [-0.15, -0.1) is 0 Å². The normalized spacial score (nSPS) is 19.3. The Hall–Kier alpha value is -4.36. The maximum absolute atomic E-state index is 13.9. The van der Waals surface area contributed by atoms with Gasteiger partial charge in [-0.05, 0) is 62.1 Å². The van der Waals surface area contributed by atoms with Crippen molar-refractivity contribution in [1.29, 1.82) is 0 Å². The predicted molar refractivity (Wildman–Crippen MR) is 197 cm³/mol. The molecule has 51 heavy (non-hydrogen) atoms. The lowest BCUT2D eigenvalue weighted by Crippen LogP contribution is -2.58. The van der Waals surface area contributed by atoms with Crippen molar-refractivity contribution in [3.05, 3.63) is 60.2 Å². The summed E-state index contributed by atoms with van der Waals surface area (Å²) in [7, 11) is 0. The Morgan fingerprint density at radius 1 is 0.843 bits per heavy atom. The minimum Gasteiger partial charge on any atom is -0.361 e. The van der Waals surface area contributed by atoms with Crippen LogP contribution in [0.15, 0.2) is 54.6 Å². The third-order valence-corrected chi connectivity index (χ3v) is 10.3. The highest BCUT2D eigenvalue weighted by molar-refractivity contribution is 7.22. The maximum Gasteiger partial charge on any atom is 0.318 e. The summed E-state index contributed by atoms with van der Waals surface area (Å²) in [6.45, 7) is 10.6. The number of carbonyl (C=O) groups is 5. The summed E-state index contributed by atoms with van der Waals surface area (Å²) < 4.78 is 6.39. The van der Waals surface area contributed by atoms with E-state index in [1.54, 1.807) is 11.8 Å². The number of para-hydroxylation sites is 1. The zero-order valence-electron chi connectivity index (χ0n) is 30.1. The molecule has 5 amide bonds. The largest absolute Gasteiger partial charge is 0.361 e. The van der Waals surface area contributed by atoms with Crippen LogP contribution in [0.3, 0.4) is 0 Å². The van der Waals surface area contributed by atoms with Gasteiger partial charge in [0.25, 0.3) is 0 Å². The third-order valence-electron chi connectivity index (χ3n) is 9.35. The number of aromatic nitrogens is 1. The van der Waals surface area contributed by atoms with Gasteiger partial charge in [0.05, 0.1) is 22.9 Å². The molecule has 2 fully saturated rings. The van der Waals surface area contributed by atoms with Crippen molar-refractivity contribution in [2.75, 3.05) is 25.0 Å². The number of urea groups is 1. The van der Waals surface area contributed by atoms with Crippen molar-refractivity contribution in [1.82, 2.24) is 25.8 Å². The molecule has 12 nitrogen and oxygen atoms in total. The summed E-state index contributed by atoms with van der Waals surface area (Å²) in [6, 6.07) is 14.0. The first-order valence-electron chi connectivity index (χ1n) is 17.9. The molecule has 5 rings (SSSR count). The van der Waals surface area contributed by atoms with Crippen molar-refractivity contribution >= 4 is 56.2 Å². The predicted octanol–water partition coefficient (Wildman–Crippen LogP) is 4.69. The number of fused-ring (bicyclic) bond motifs is 1. The fourth-order valence-electron chi connectivity index (χ4n) is 6.35. The van der Waals surface area contributed by atoms with Crippen LogP contribution in [0.5, 0.6) is 0 Å². The number of ether oxygens (including phenoxy) is 1. The van der Waals surface area contributed by atoms with Gasteiger partial charge in [0, 0.05) is 25.4 Å². The molecule has 4 atom stereocenters. The fourth-order valence-corrected chi connectivity index (χ4v) is 7.22. The van der Waals surface area contributed by atoms with E-state index in [9.17, 15) is 24.0 Å². The highest BCUT2D eigenvalue weighted by Gasteiger charge is 2.50. The molecule has 274 valence electrons. The van der Waals surface area contributed by atoms with E-state index in [1.807, 2.05) is 82.3 Å².